The van der Waals surface area contributed by atoms with Crippen molar-refractivity contribution in [3.05, 3.63) is 0 Å². The largest absolute Gasteiger partial charge is 0.465 e. The third-order valence-electron chi connectivity index (χ3n) is 3.39. The summed E-state index contributed by atoms with van der Waals surface area (Å²) in [5.41, 5.74) is 0. The zero-order valence-electron chi connectivity index (χ0n) is 13.4. The average molecular weight is 317 g/mol. The predicted molar refractivity (Wildman–Crippen MR) is 81.2 cm³/mol. The van der Waals surface area contributed by atoms with E-state index in [2.05, 4.69) is 17.2 Å². The van der Waals surface area contributed by atoms with Gasteiger partial charge in [0.2, 0.25) is 5.78 Å². The molecule has 0 radical (unpaired) electrons. The summed E-state index contributed by atoms with van der Waals surface area (Å²) >= 11 is 0. The van der Waals surface area contributed by atoms with Crippen molar-refractivity contribution in [2.45, 2.75) is 64.6 Å². The number of carbonyl (C=O) groups is 2. The normalized spacial score (nSPS) is 14.6. The van der Waals surface area contributed by atoms with E-state index in [1.54, 1.807) is 0 Å². The molecule has 0 aliphatic heterocycles. The Hall–Kier alpha value is -1.39. The van der Waals surface area contributed by atoms with Crippen LogP contribution in [0.5, 0.6) is 0 Å². The number of halogens is 1. The minimum absolute atomic E-state index is 0.105. The first-order chi connectivity index (χ1) is 9.35. The van der Waals surface area contributed by atoms with Gasteiger partial charge in [-0.25, -0.2) is 9.18 Å². The second kappa shape index (κ2) is 7.57. The smallest absolute Gasteiger partial charge is 0.404 e. The van der Waals surface area contributed by atoms with Crippen LogP contribution in [0, 0.1) is 11.8 Å². The second-order valence-corrected chi connectivity index (χ2v) is 11.2. The molecule has 0 aliphatic rings. The first-order valence-corrected chi connectivity index (χ1v) is 9.61. The molecule has 5 nitrogen and oxygen atoms in total. The Kier molecular flexibility index (Phi) is 7.07. The SMILES string of the molecule is CC(CC(=O)C#CC(F)O[Si](C)(C)C(C)(C)C)NC(=O)O. The van der Waals surface area contributed by atoms with E-state index in [9.17, 15) is 14.0 Å². The Morgan fingerprint density at radius 1 is 1.38 bits per heavy atom. The Morgan fingerprint density at radius 3 is 2.33 bits per heavy atom. The van der Waals surface area contributed by atoms with Crippen molar-refractivity contribution in [3.8, 4) is 11.8 Å². The van der Waals surface area contributed by atoms with Gasteiger partial charge >= 0.3 is 6.09 Å². The van der Waals surface area contributed by atoms with E-state index in [0.29, 0.717) is 0 Å². The van der Waals surface area contributed by atoms with Crippen molar-refractivity contribution in [2.24, 2.45) is 0 Å². The van der Waals surface area contributed by atoms with Crippen LogP contribution >= 0.6 is 0 Å². The quantitative estimate of drug-likeness (QED) is 0.464. The third kappa shape index (κ3) is 7.83. The zero-order chi connectivity index (χ0) is 16.8. The number of rotatable bonds is 5. The molecule has 120 valence electrons. The van der Waals surface area contributed by atoms with Crippen LogP contribution in [0.2, 0.25) is 18.1 Å². The summed E-state index contributed by atoms with van der Waals surface area (Å²) in [7, 11) is -2.27. The lowest BCUT2D eigenvalue weighted by molar-refractivity contribution is -0.114. The summed E-state index contributed by atoms with van der Waals surface area (Å²) in [4.78, 5) is 21.9. The van der Waals surface area contributed by atoms with Crippen molar-refractivity contribution in [3.63, 3.8) is 0 Å². The van der Waals surface area contributed by atoms with Gasteiger partial charge in [-0.2, -0.15) is 0 Å². The Morgan fingerprint density at radius 2 is 1.90 bits per heavy atom. The molecule has 0 rings (SSSR count). The molecule has 0 saturated carbocycles. The molecule has 0 aromatic rings. The molecular weight excluding hydrogens is 293 g/mol. The molecule has 0 aliphatic carbocycles. The van der Waals surface area contributed by atoms with E-state index in [-0.39, 0.29) is 11.5 Å². The Balaban J connectivity index is 4.50. The molecule has 0 fully saturated rings. The maximum absolute atomic E-state index is 13.7. The minimum atomic E-state index is -2.27. The monoisotopic (exact) mass is 317 g/mol. The molecule has 2 atom stereocenters. The summed E-state index contributed by atoms with van der Waals surface area (Å²) in [6, 6.07) is -0.566. The molecule has 0 spiro atoms. The van der Waals surface area contributed by atoms with Crippen LogP contribution in [0.3, 0.4) is 0 Å². The Bertz CT molecular complexity index is 448. The number of nitrogens with one attached hydrogen (secondary N) is 1. The van der Waals surface area contributed by atoms with Crippen molar-refractivity contribution in [2.75, 3.05) is 0 Å². The fourth-order valence-electron chi connectivity index (χ4n) is 1.19. The van der Waals surface area contributed by atoms with Gasteiger partial charge in [0.1, 0.15) is 0 Å². The maximum atomic E-state index is 13.7. The number of carboxylic acid groups (broad SMARTS) is 1. The van der Waals surface area contributed by atoms with Gasteiger partial charge < -0.3 is 14.8 Å². The lowest BCUT2D eigenvalue weighted by Crippen LogP contribution is -2.42. The highest BCUT2D eigenvalue weighted by atomic mass is 28.4. The standard InChI is InChI=1S/C14H24FNO4Si/c1-10(16-13(18)19)9-11(17)7-8-12(15)20-21(5,6)14(2,3)4/h10,12,16H,9H2,1-6H3,(H,18,19). The van der Waals surface area contributed by atoms with Crippen LogP contribution in [-0.2, 0) is 9.22 Å². The fraction of sp³-hybridized carbons (Fsp3) is 0.714. The number of amides is 1. The van der Waals surface area contributed by atoms with E-state index in [4.69, 9.17) is 9.53 Å². The lowest BCUT2D eigenvalue weighted by Gasteiger charge is -2.36. The molecule has 0 saturated heterocycles. The molecule has 0 bridgehead atoms. The molecule has 21 heavy (non-hydrogen) atoms. The molecule has 0 heterocycles. The van der Waals surface area contributed by atoms with Gasteiger partial charge in [-0.15, -0.1) is 0 Å². The van der Waals surface area contributed by atoms with Gasteiger partial charge in [0, 0.05) is 12.5 Å². The van der Waals surface area contributed by atoms with Gasteiger partial charge in [-0.1, -0.05) is 20.8 Å². The summed E-state index contributed by atoms with van der Waals surface area (Å²) in [5.74, 6) is 3.77. The summed E-state index contributed by atoms with van der Waals surface area (Å²) < 4.78 is 19.1. The number of alkyl halides is 1. The van der Waals surface area contributed by atoms with Crippen molar-refractivity contribution in [1.82, 2.24) is 5.32 Å². The highest BCUT2D eigenvalue weighted by molar-refractivity contribution is 6.74. The van der Waals surface area contributed by atoms with Crippen molar-refractivity contribution < 1.29 is 23.5 Å². The molecule has 0 aromatic heterocycles. The van der Waals surface area contributed by atoms with Crippen LogP contribution in [-0.4, -0.2) is 37.7 Å². The second-order valence-electron chi connectivity index (χ2n) is 6.44. The summed E-state index contributed by atoms with van der Waals surface area (Å²) in [6.45, 7) is 11.2. The van der Waals surface area contributed by atoms with E-state index >= 15 is 0 Å². The van der Waals surface area contributed by atoms with Crippen LogP contribution in [0.4, 0.5) is 9.18 Å². The van der Waals surface area contributed by atoms with Crippen LogP contribution < -0.4 is 5.32 Å². The summed E-state index contributed by atoms with van der Waals surface area (Å²) in [5, 5.41) is 10.5. The topological polar surface area (TPSA) is 75.6 Å². The Labute approximate surface area is 126 Å². The van der Waals surface area contributed by atoms with Gasteiger partial charge in [0.25, 0.3) is 6.36 Å². The highest BCUT2D eigenvalue weighted by Crippen LogP contribution is 2.37. The van der Waals surface area contributed by atoms with Gasteiger partial charge in [-0.3, -0.25) is 4.79 Å². The number of hydrogen-bond donors (Lipinski definition) is 2. The van der Waals surface area contributed by atoms with E-state index in [0.717, 1.165) is 0 Å². The highest BCUT2D eigenvalue weighted by Gasteiger charge is 2.39. The van der Waals surface area contributed by atoms with Crippen LogP contribution in [0.25, 0.3) is 0 Å². The lowest BCUT2D eigenvalue weighted by atomic mass is 10.2. The molecule has 0 aromatic carbocycles. The average Bonchev–Trinajstić information content (AvgIpc) is 2.22. The minimum Gasteiger partial charge on any atom is -0.465 e. The van der Waals surface area contributed by atoms with Crippen LogP contribution in [0.1, 0.15) is 34.1 Å². The van der Waals surface area contributed by atoms with E-state index in [1.165, 1.54) is 6.92 Å². The molecule has 7 heteroatoms. The predicted octanol–water partition coefficient (Wildman–Crippen LogP) is 2.92. The molecule has 2 unspecified atom stereocenters. The first kappa shape index (κ1) is 19.6. The van der Waals surface area contributed by atoms with Crippen molar-refractivity contribution in [1.29, 1.82) is 0 Å². The summed E-state index contributed by atoms with van der Waals surface area (Å²) in [6.07, 6.45) is -3.13. The van der Waals surface area contributed by atoms with Crippen LogP contribution in [0.15, 0.2) is 0 Å². The van der Waals surface area contributed by atoms with Crippen molar-refractivity contribution >= 4 is 20.2 Å². The first-order valence-electron chi connectivity index (χ1n) is 6.71. The van der Waals surface area contributed by atoms with Gasteiger partial charge in [-0.05, 0) is 36.9 Å². The number of hydrogen-bond acceptors (Lipinski definition) is 3. The third-order valence-corrected chi connectivity index (χ3v) is 7.80. The van der Waals surface area contributed by atoms with E-state index < -0.39 is 32.6 Å². The van der Waals surface area contributed by atoms with E-state index in [1.807, 2.05) is 33.9 Å². The molecular formula is C14H24FNO4Si. The fourth-order valence-corrected chi connectivity index (χ4v) is 2.12. The number of Topliss-reactive ketones (excluding diaryl/α,β-unsaturated/α-hetero) is 1. The maximum Gasteiger partial charge on any atom is 0.404 e. The number of carbonyl (C=O) groups excluding carboxylic acids is 1. The number of ketones is 1. The molecule has 1 amide bonds. The van der Waals surface area contributed by atoms with Gasteiger partial charge in [0.05, 0.1) is 0 Å². The zero-order valence-corrected chi connectivity index (χ0v) is 14.4. The van der Waals surface area contributed by atoms with Gasteiger partial charge in [0.15, 0.2) is 8.32 Å². The molecule has 2 N–H and O–H groups in total.